The molecule has 0 unspecified atom stereocenters. The summed E-state index contributed by atoms with van der Waals surface area (Å²) < 4.78 is 7.77. The zero-order chi connectivity index (χ0) is 31.4. The molecule has 0 saturated carbocycles. The lowest BCUT2D eigenvalue weighted by molar-refractivity contribution is 0.317. The predicted octanol–water partition coefficient (Wildman–Crippen LogP) is 10.4. The number of hydrogen-bond donors (Lipinski definition) is 2. The number of nitrogens with zero attached hydrogens (tertiary/aromatic N) is 2. The Hall–Kier alpha value is -1.60. The molecule has 0 radical (unpaired) electrons. The van der Waals surface area contributed by atoms with Crippen molar-refractivity contribution in [2.45, 2.75) is 47.0 Å². The third kappa shape index (κ3) is 10.8. The largest absolute Gasteiger partial charge is 0.481 e. The summed E-state index contributed by atoms with van der Waals surface area (Å²) in [4.78, 5) is 4.37. The molecule has 5 nitrogen and oxygen atoms in total. The van der Waals surface area contributed by atoms with Gasteiger partial charge in [0.2, 0.25) is 0 Å². The SMILES string of the molecule is CCOC(=N)Cc1ccc(C)c(Cl)c1Br.Cc1ccc(CC#N)c(Br)c1Cl.Cc1ccc(CC2=NCCN2)c(Br)c1Cl. The summed E-state index contributed by atoms with van der Waals surface area (Å²) in [6.45, 7) is 10.1. The molecule has 224 valence electrons. The monoisotopic (exact) mass is 818 g/mol. The van der Waals surface area contributed by atoms with Crippen molar-refractivity contribution in [1.82, 2.24) is 5.32 Å². The first kappa shape index (κ1) is 36.6. The van der Waals surface area contributed by atoms with Gasteiger partial charge in [0.15, 0.2) is 5.90 Å². The number of nitrogens with one attached hydrogen (secondary N) is 2. The molecule has 1 heterocycles. The van der Waals surface area contributed by atoms with E-state index in [0.717, 1.165) is 71.6 Å². The van der Waals surface area contributed by atoms with E-state index in [1.54, 1.807) is 0 Å². The Bertz CT molecular complexity index is 1490. The number of hydrogen-bond acceptors (Lipinski definition) is 5. The van der Waals surface area contributed by atoms with Crippen molar-refractivity contribution in [3.8, 4) is 6.07 Å². The number of rotatable bonds is 6. The van der Waals surface area contributed by atoms with Crippen molar-refractivity contribution in [2.75, 3.05) is 19.7 Å². The zero-order valence-electron chi connectivity index (χ0n) is 23.8. The van der Waals surface area contributed by atoms with Gasteiger partial charge in [-0.25, -0.2) is 0 Å². The third-order valence-corrected chi connectivity index (χ3v) is 11.0. The molecule has 0 aliphatic carbocycles. The fraction of sp³-hybridized carbons (Fsp3) is 0.323. The van der Waals surface area contributed by atoms with Crippen LogP contribution >= 0.6 is 82.6 Å². The van der Waals surface area contributed by atoms with E-state index in [2.05, 4.69) is 70.2 Å². The molecular weight excluding hydrogens is 790 g/mol. The van der Waals surface area contributed by atoms with Crippen LogP contribution < -0.4 is 5.32 Å². The van der Waals surface area contributed by atoms with Crippen LogP contribution in [0.1, 0.15) is 40.3 Å². The smallest absolute Gasteiger partial charge is 0.184 e. The Balaban J connectivity index is 0.000000222. The van der Waals surface area contributed by atoms with Gasteiger partial charge in [0.05, 0.1) is 40.7 Å². The van der Waals surface area contributed by atoms with Gasteiger partial charge < -0.3 is 10.1 Å². The van der Waals surface area contributed by atoms with E-state index >= 15 is 0 Å². The molecule has 11 heteroatoms. The first-order chi connectivity index (χ1) is 19.9. The molecule has 1 aliphatic heterocycles. The first-order valence-electron chi connectivity index (χ1n) is 13.1. The van der Waals surface area contributed by atoms with Gasteiger partial charge in [0.1, 0.15) is 5.84 Å². The van der Waals surface area contributed by atoms with Crippen LogP contribution in [0.5, 0.6) is 0 Å². The van der Waals surface area contributed by atoms with Crippen molar-refractivity contribution in [3.05, 3.63) is 98.3 Å². The lowest BCUT2D eigenvalue weighted by Crippen LogP contribution is -2.20. The van der Waals surface area contributed by atoms with Crippen LogP contribution in [0.4, 0.5) is 0 Å². The van der Waals surface area contributed by atoms with E-state index in [-0.39, 0.29) is 5.90 Å². The number of ether oxygens (including phenoxy) is 1. The average Bonchev–Trinajstić information content (AvgIpc) is 3.48. The lowest BCUT2D eigenvalue weighted by atomic mass is 10.1. The number of benzene rings is 3. The highest BCUT2D eigenvalue weighted by molar-refractivity contribution is 9.11. The van der Waals surface area contributed by atoms with E-state index in [1.165, 1.54) is 5.56 Å². The second-order valence-corrected chi connectivity index (χ2v) is 12.8. The van der Waals surface area contributed by atoms with Gasteiger partial charge in [-0.05, 0) is 109 Å². The molecule has 4 rings (SSSR count). The standard InChI is InChI=1S/C11H12BrClN2.C11H13BrClNO.C9H7BrClN/c1-7-2-3-8(10(12)11(7)13)6-9-14-4-5-15-9;1-3-15-9(14)6-8-5-4-7(2)11(13)10(8)12;1-6-2-3-7(4-5-12)8(10)9(6)11/h2-3H,4-6H2,1H3,(H,14,15);4-5,14H,3,6H2,1-2H3;2-3H,4H2,1H3. The van der Waals surface area contributed by atoms with Crippen LogP contribution in [-0.4, -0.2) is 31.4 Å². The Morgan fingerprint density at radius 2 is 1.36 bits per heavy atom. The molecule has 0 bridgehead atoms. The second-order valence-electron chi connectivity index (χ2n) is 9.31. The summed E-state index contributed by atoms with van der Waals surface area (Å²) in [5.74, 6) is 1.31. The molecule has 3 aromatic carbocycles. The third-order valence-electron chi connectivity index (χ3n) is 6.11. The van der Waals surface area contributed by atoms with E-state index in [4.69, 9.17) is 50.2 Å². The zero-order valence-corrected chi connectivity index (χ0v) is 30.8. The van der Waals surface area contributed by atoms with Crippen molar-refractivity contribution in [1.29, 1.82) is 10.7 Å². The van der Waals surface area contributed by atoms with E-state index in [0.29, 0.717) is 29.5 Å². The fourth-order valence-corrected chi connectivity index (χ4v) is 6.00. The highest BCUT2D eigenvalue weighted by Gasteiger charge is 2.12. The number of nitriles is 1. The minimum Gasteiger partial charge on any atom is -0.481 e. The minimum absolute atomic E-state index is 0.262. The fourth-order valence-electron chi connectivity index (χ4n) is 3.70. The van der Waals surface area contributed by atoms with Crippen molar-refractivity contribution in [2.24, 2.45) is 4.99 Å². The lowest BCUT2D eigenvalue weighted by Gasteiger charge is -2.09. The number of halogens is 6. The van der Waals surface area contributed by atoms with E-state index in [9.17, 15) is 0 Å². The summed E-state index contributed by atoms with van der Waals surface area (Å²) in [5.41, 5.74) is 6.23. The van der Waals surface area contributed by atoms with Gasteiger partial charge in [-0.1, -0.05) is 71.2 Å². The van der Waals surface area contributed by atoms with Crippen LogP contribution in [-0.2, 0) is 24.0 Å². The van der Waals surface area contributed by atoms with Crippen molar-refractivity contribution < 1.29 is 4.74 Å². The number of aryl methyl sites for hydroxylation is 3. The molecule has 42 heavy (non-hydrogen) atoms. The Morgan fingerprint density at radius 3 is 1.83 bits per heavy atom. The summed E-state index contributed by atoms with van der Waals surface area (Å²) in [6.07, 6.45) is 1.68. The number of amidine groups is 1. The molecule has 0 fully saturated rings. The van der Waals surface area contributed by atoms with Crippen LogP contribution in [0.15, 0.2) is 54.8 Å². The predicted molar refractivity (Wildman–Crippen MR) is 188 cm³/mol. The minimum atomic E-state index is 0.262. The highest BCUT2D eigenvalue weighted by Crippen LogP contribution is 2.31. The van der Waals surface area contributed by atoms with Gasteiger partial charge in [0.25, 0.3) is 0 Å². The molecule has 3 aromatic rings. The Labute approximate surface area is 288 Å². The normalized spacial score (nSPS) is 11.7. The Kier molecular flexibility index (Phi) is 15.9. The van der Waals surface area contributed by atoms with Gasteiger partial charge in [-0.3, -0.25) is 10.4 Å². The summed E-state index contributed by atoms with van der Waals surface area (Å²) in [5, 5.41) is 21.5. The first-order valence-corrected chi connectivity index (χ1v) is 16.6. The maximum Gasteiger partial charge on any atom is 0.184 e. The molecule has 0 spiro atoms. The topological polar surface area (TPSA) is 81.3 Å². The van der Waals surface area contributed by atoms with Crippen LogP contribution in [0, 0.1) is 37.5 Å². The van der Waals surface area contributed by atoms with Crippen LogP contribution in [0.2, 0.25) is 15.1 Å². The van der Waals surface area contributed by atoms with Crippen molar-refractivity contribution >= 4 is 94.3 Å². The second kappa shape index (κ2) is 18.3. The molecule has 0 saturated heterocycles. The summed E-state index contributed by atoms with van der Waals surface area (Å²) in [7, 11) is 0. The molecule has 0 aromatic heterocycles. The van der Waals surface area contributed by atoms with Gasteiger partial charge >= 0.3 is 0 Å². The van der Waals surface area contributed by atoms with Gasteiger partial charge in [0, 0.05) is 32.8 Å². The van der Waals surface area contributed by atoms with Crippen LogP contribution in [0.3, 0.4) is 0 Å². The molecule has 2 N–H and O–H groups in total. The molecule has 1 aliphatic rings. The maximum absolute atomic E-state index is 8.49. The van der Waals surface area contributed by atoms with Crippen molar-refractivity contribution in [3.63, 3.8) is 0 Å². The molecule has 0 atom stereocenters. The average molecular weight is 823 g/mol. The van der Waals surface area contributed by atoms with E-state index < -0.39 is 0 Å². The quantitative estimate of drug-likeness (QED) is 0.192. The van der Waals surface area contributed by atoms with Gasteiger partial charge in [-0.15, -0.1) is 0 Å². The summed E-state index contributed by atoms with van der Waals surface area (Å²) in [6, 6.07) is 13.9. The van der Waals surface area contributed by atoms with E-state index in [1.807, 2.05) is 58.0 Å². The summed E-state index contributed by atoms with van der Waals surface area (Å²) >= 11 is 28.5. The number of aliphatic imine (C=N–C) groups is 1. The molecule has 0 amide bonds. The molecular formula is C31H32Br3Cl3N4O. The van der Waals surface area contributed by atoms with Crippen LogP contribution in [0.25, 0.3) is 0 Å². The Morgan fingerprint density at radius 1 is 0.881 bits per heavy atom. The van der Waals surface area contributed by atoms with Gasteiger partial charge in [-0.2, -0.15) is 5.26 Å². The maximum atomic E-state index is 8.49. The highest BCUT2D eigenvalue weighted by atomic mass is 79.9.